The van der Waals surface area contributed by atoms with Crippen LogP contribution in [0.15, 0.2) is 40.7 Å². The first-order chi connectivity index (χ1) is 13.5. The van der Waals surface area contributed by atoms with E-state index < -0.39 is 11.9 Å². The van der Waals surface area contributed by atoms with Crippen molar-refractivity contribution in [1.82, 2.24) is 14.8 Å². The summed E-state index contributed by atoms with van der Waals surface area (Å²) in [4.78, 5) is 16.8. The van der Waals surface area contributed by atoms with Gasteiger partial charge in [0.05, 0.1) is 12.2 Å². The number of primary amides is 1. The summed E-state index contributed by atoms with van der Waals surface area (Å²) in [5.41, 5.74) is 7.80. The monoisotopic (exact) mass is 401 g/mol. The topological polar surface area (TPSA) is 95.1 Å². The van der Waals surface area contributed by atoms with E-state index in [1.54, 1.807) is 16.4 Å². The van der Waals surface area contributed by atoms with Crippen molar-refractivity contribution in [1.29, 1.82) is 0 Å². The molecular formula is C20H27N5O2S. The maximum absolute atomic E-state index is 12.3. The van der Waals surface area contributed by atoms with Crippen LogP contribution in [0.2, 0.25) is 0 Å². The summed E-state index contributed by atoms with van der Waals surface area (Å²) in [6.07, 6.45) is 3.10. The van der Waals surface area contributed by atoms with Gasteiger partial charge in [0.1, 0.15) is 11.8 Å². The first-order valence-corrected chi connectivity index (χ1v) is 10.6. The number of amides is 1. The van der Waals surface area contributed by atoms with Crippen LogP contribution in [0.5, 0.6) is 5.75 Å². The molecule has 1 atom stereocenters. The van der Waals surface area contributed by atoms with Crippen LogP contribution >= 0.6 is 11.8 Å². The molecule has 1 aliphatic heterocycles. The predicted molar refractivity (Wildman–Crippen MR) is 112 cm³/mol. The lowest BCUT2D eigenvalue weighted by molar-refractivity contribution is -0.115. The lowest BCUT2D eigenvalue weighted by Crippen LogP contribution is -2.31. The largest absolute Gasteiger partial charge is 0.494 e. The summed E-state index contributed by atoms with van der Waals surface area (Å²) in [6.45, 7) is 6.74. The van der Waals surface area contributed by atoms with Crippen molar-refractivity contribution in [3.8, 4) is 5.75 Å². The molecule has 150 valence electrons. The zero-order valence-corrected chi connectivity index (χ0v) is 17.4. The fraction of sp³-hybridized carbons (Fsp3) is 0.450. The van der Waals surface area contributed by atoms with E-state index in [9.17, 15) is 4.79 Å². The zero-order chi connectivity index (χ0) is 20.1. The van der Waals surface area contributed by atoms with Crippen molar-refractivity contribution in [2.24, 2.45) is 5.73 Å². The number of thioether (sulfide) groups is 1. The number of allylic oxidation sites excluding steroid dienone is 1. The number of fused-ring (bicyclic) bond motifs is 1. The van der Waals surface area contributed by atoms with Crippen LogP contribution in [0, 0.1) is 0 Å². The lowest BCUT2D eigenvalue weighted by atomic mass is 9.95. The first kappa shape index (κ1) is 20.3. The van der Waals surface area contributed by atoms with Crippen LogP contribution in [0.25, 0.3) is 0 Å². The van der Waals surface area contributed by atoms with Gasteiger partial charge in [-0.15, -0.1) is 5.10 Å². The van der Waals surface area contributed by atoms with Gasteiger partial charge in [0.25, 0.3) is 0 Å². The number of carbonyl (C=O) groups is 1. The van der Waals surface area contributed by atoms with Gasteiger partial charge in [0.15, 0.2) is 0 Å². The number of anilines is 1. The molecule has 3 rings (SSSR count). The molecule has 2 aromatic rings. The molecule has 0 bridgehead atoms. The Morgan fingerprint density at radius 3 is 2.89 bits per heavy atom. The number of hydrogen-bond donors (Lipinski definition) is 2. The quantitative estimate of drug-likeness (QED) is 0.491. The second kappa shape index (κ2) is 9.14. The van der Waals surface area contributed by atoms with Gasteiger partial charge in [-0.2, -0.15) is 4.98 Å². The summed E-state index contributed by atoms with van der Waals surface area (Å²) in [6, 6.07) is 7.32. The molecule has 7 nitrogen and oxygen atoms in total. The highest BCUT2D eigenvalue weighted by Gasteiger charge is 2.33. The molecule has 3 N–H and O–H groups in total. The average molecular weight is 402 g/mol. The third kappa shape index (κ3) is 4.32. The number of nitrogens with one attached hydrogen (secondary N) is 1. The molecule has 1 aromatic heterocycles. The molecule has 1 amide bonds. The van der Waals surface area contributed by atoms with Gasteiger partial charge in [0.2, 0.25) is 17.0 Å². The van der Waals surface area contributed by atoms with Gasteiger partial charge in [-0.25, -0.2) is 4.68 Å². The molecule has 2 heterocycles. The molecule has 0 fully saturated rings. The van der Waals surface area contributed by atoms with E-state index in [1.807, 2.05) is 31.2 Å². The Kier molecular flexibility index (Phi) is 6.61. The normalized spacial score (nSPS) is 15.9. The van der Waals surface area contributed by atoms with Crippen molar-refractivity contribution >= 4 is 23.6 Å². The molecule has 1 unspecified atom stereocenters. The SMILES string of the molecule is CCCCOc1cccc(C2C(C(N)=O)=C(C)Nc3nc(SCCC)nn32)c1. The van der Waals surface area contributed by atoms with Crippen molar-refractivity contribution in [3.63, 3.8) is 0 Å². The third-order valence-electron chi connectivity index (χ3n) is 4.47. The summed E-state index contributed by atoms with van der Waals surface area (Å²) >= 11 is 1.60. The second-order valence-electron chi connectivity index (χ2n) is 6.72. The highest BCUT2D eigenvalue weighted by Crippen LogP contribution is 2.36. The Bertz CT molecular complexity index is 877. The Morgan fingerprint density at radius 2 is 2.18 bits per heavy atom. The minimum Gasteiger partial charge on any atom is -0.494 e. The number of unbranched alkanes of at least 4 members (excludes halogenated alkanes) is 1. The molecule has 1 aliphatic rings. The number of carbonyl (C=O) groups excluding carboxylic acids is 1. The van der Waals surface area contributed by atoms with E-state index in [2.05, 4.69) is 29.2 Å². The maximum atomic E-state index is 12.3. The summed E-state index contributed by atoms with van der Waals surface area (Å²) in [7, 11) is 0. The van der Waals surface area contributed by atoms with Gasteiger partial charge in [-0.3, -0.25) is 4.79 Å². The number of nitrogens with zero attached hydrogens (tertiary/aromatic N) is 3. The number of benzene rings is 1. The maximum Gasteiger partial charge on any atom is 0.248 e. The van der Waals surface area contributed by atoms with E-state index in [0.29, 0.717) is 29.0 Å². The van der Waals surface area contributed by atoms with Gasteiger partial charge in [0, 0.05) is 11.4 Å². The highest BCUT2D eigenvalue weighted by molar-refractivity contribution is 7.99. The lowest BCUT2D eigenvalue weighted by Gasteiger charge is -2.27. The number of ether oxygens (including phenoxy) is 1. The Hall–Kier alpha value is -2.48. The summed E-state index contributed by atoms with van der Waals surface area (Å²) < 4.78 is 7.60. The van der Waals surface area contributed by atoms with Gasteiger partial charge < -0.3 is 15.8 Å². The molecule has 0 saturated carbocycles. The number of aromatic nitrogens is 3. The van der Waals surface area contributed by atoms with E-state index in [-0.39, 0.29) is 0 Å². The Morgan fingerprint density at radius 1 is 1.36 bits per heavy atom. The standard InChI is InChI=1S/C20H27N5O2S/c1-4-6-10-27-15-9-7-8-14(12-15)17-16(18(21)26)13(3)22-19-23-20(24-25(17)19)28-11-5-2/h7-9,12,17H,4-6,10-11H2,1-3H3,(H2,21,26)(H,22,23,24). The summed E-state index contributed by atoms with van der Waals surface area (Å²) in [5, 5.41) is 8.49. The van der Waals surface area contributed by atoms with Crippen molar-refractivity contribution in [2.45, 2.75) is 51.2 Å². The smallest absolute Gasteiger partial charge is 0.248 e. The van der Waals surface area contributed by atoms with Crippen molar-refractivity contribution in [2.75, 3.05) is 17.7 Å². The minimum absolute atomic E-state index is 0.438. The van der Waals surface area contributed by atoms with Crippen LogP contribution in [0.1, 0.15) is 51.6 Å². The molecule has 0 radical (unpaired) electrons. The van der Waals surface area contributed by atoms with Gasteiger partial charge in [-0.05, 0) is 37.5 Å². The van der Waals surface area contributed by atoms with Crippen LogP contribution in [-0.4, -0.2) is 33.0 Å². The zero-order valence-electron chi connectivity index (χ0n) is 16.6. The van der Waals surface area contributed by atoms with Gasteiger partial charge in [-0.1, -0.05) is 44.2 Å². The molecular weight excluding hydrogens is 374 g/mol. The predicted octanol–water partition coefficient (Wildman–Crippen LogP) is 3.73. The Labute approximate surface area is 169 Å². The van der Waals surface area contributed by atoms with Crippen LogP contribution in [0.4, 0.5) is 5.95 Å². The molecule has 28 heavy (non-hydrogen) atoms. The molecule has 8 heteroatoms. The average Bonchev–Trinajstić information content (AvgIpc) is 3.07. The fourth-order valence-electron chi connectivity index (χ4n) is 3.12. The van der Waals surface area contributed by atoms with Crippen molar-refractivity contribution in [3.05, 3.63) is 41.1 Å². The highest BCUT2D eigenvalue weighted by atomic mass is 32.2. The van der Waals surface area contributed by atoms with Crippen LogP contribution < -0.4 is 15.8 Å². The van der Waals surface area contributed by atoms with E-state index in [4.69, 9.17) is 10.5 Å². The second-order valence-corrected chi connectivity index (χ2v) is 7.78. The van der Waals surface area contributed by atoms with E-state index in [1.165, 1.54) is 0 Å². The van der Waals surface area contributed by atoms with E-state index in [0.717, 1.165) is 36.3 Å². The number of rotatable bonds is 9. The Balaban J connectivity index is 2.00. The molecule has 0 aliphatic carbocycles. The first-order valence-electron chi connectivity index (χ1n) is 9.64. The molecule has 0 saturated heterocycles. The van der Waals surface area contributed by atoms with Crippen molar-refractivity contribution < 1.29 is 9.53 Å². The van der Waals surface area contributed by atoms with E-state index >= 15 is 0 Å². The van der Waals surface area contributed by atoms with Crippen LogP contribution in [-0.2, 0) is 4.79 Å². The molecule has 1 aromatic carbocycles. The minimum atomic E-state index is -0.476. The summed E-state index contributed by atoms with van der Waals surface area (Å²) in [5.74, 6) is 1.84. The number of hydrogen-bond acceptors (Lipinski definition) is 6. The third-order valence-corrected chi connectivity index (χ3v) is 5.52. The van der Waals surface area contributed by atoms with Gasteiger partial charge >= 0.3 is 0 Å². The number of nitrogens with two attached hydrogens (primary N) is 1. The fourth-order valence-corrected chi connectivity index (χ4v) is 3.81. The molecule has 0 spiro atoms. The van der Waals surface area contributed by atoms with Crippen LogP contribution in [0.3, 0.4) is 0 Å².